The second kappa shape index (κ2) is 6.34. The Bertz CT molecular complexity index is 349. The van der Waals surface area contributed by atoms with Gasteiger partial charge in [-0.2, -0.15) is 0 Å². The second-order valence-electron chi connectivity index (χ2n) is 5.23. The van der Waals surface area contributed by atoms with E-state index in [1.165, 1.54) is 0 Å². The third-order valence-electron chi connectivity index (χ3n) is 3.84. The first-order chi connectivity index (χ1) is 9.20. The van der Waals surface area contributed by atoms with Gasteiger partial charge in [0.1, 0.15) is 5.54 Å². The van der Waals surface area contributed by atoms with E-state index in [-0.39, 0.29) is 5.91 Å². The molecule has 2 aliphatic heterocycles. The van der Waals surface area contributed by atoms with Crippen LogP contribution in [-0.2, 0) is 9.53 Å². The predicted molar refractivity (Wildman–Crippen MR) is 74.2 cm³/mol. The van der Waals surface area contributed by atoms with Crippen molar-refractivity contribution in [2.45, 2.75) is 31.7 Å². The van der Waals surface area contributed by atoms with Gasteiger partial charge in [-0.25, -0.2) is 0 Å². The summed E-state index contributed by atoms with van der Waals surface area (Å²) in [5.74, 6) is 0.672. The maximum Gasteiger partial charge on any atom is 0.252 e. The molecule has 108 valence electrons. The highest BCUT2D eigenvalue weighted by Gasteiger charge is 2.46. The smallest absolute Gasteiger partial charge is 0.252 e. The molecule has 1 amide bonds. The van der Waals surface area contributed by atoms with Gasteiger partial charge < -0.3 is 15.0 Å². The number of aliphatic imine (C=N–C) groups is 1. The summed E-state index contributed by atoms with van der Waals surface area (Å²) in [7, 11) is 1.64. The van der Waals surface area contributed by atoms with Crippen molar-refractivity contribution >= 4 is 11.9 Å². The number of carbonyl (C=O) groups excluding carboxylic acids is 1. The summed E-state index contributed by atoms with van der Waals surface area (Å²) in [4.78, 5) is 18.9. The van der Waals surface area contributed by atoms with Gasteiger partial charge in [0, 0.05) is 20.2 Å². The molecule has 6 heteroatoms. The zero-order chi connectivity index (χ0) is 13.7. The number of piperidine rings is 1. The summed E-state index contributed by atoms with van der Waals surface area (Å²) in [6.45, 7) is 6.38. The van der Waals surface area contributed by atoms with Crippen molar-refractivity contribution in [3.63, 3.8) is 0 Å². The van der Waals surface area contributed by atoms with Crippen LogP contribution in [0.1, 0.15) is 26.2 Å². The molecule has 0 bridgehead atoms. The molecule has 2 aliphatic rings. The second-order valence-corrected chi connectivity index (χ2v) is 5.23. The summed E-state index contributed by atoms with van der Waals surface area (Å²) in [6, 6.07) is 0. The molecule has 0 aliphatic carbocycles. The third-order valence-corrected chi connectivity index (χ3v) is 3.84. The van der Waals surface area contributed by atoms with Crippen molar-refractivity contribution in [2.75, 3.05) is 39.9 Å². The Hall–Kier alpha value is -1.14. The molecule has 0 aromatic rings. The fourth-order valence-electron chi connectivity index (χ4n) is 2.70. The summed E-state index contributed by atoms with van der Waals surface area (Å²) in [5.41, 5.74) is -0.434. The van der Waals surface area contributed by atoms with Crippen LogP contribution in [0.3, 0.4) is 0 Å². The third kappa shape index (κ3) is 3.25. The number of hydrogen-bond donors (Lipinski definition) is 2. The first-order valence-electron chi connectivity index (χ1n) is 7.05. The number of nitrogens with zero attached hydrogens (tertiary/aromatic N) is 2. The molecule has 0 atom stereocenters. The van der Waals surface area contributed by atoms with Crippen LogP contribution in [0.25, 0.3) is 0 Å². The van der Waals surface area contributed by atoms with E-state index in [1.807, 2.05) is 0 Å². The fraction of sp³-hybridized carbons (Fsp3) is 0.846. The molecule has 0 radical (unpaired) electrons. The molecule has 2 saturated heterocycles. The standard InChI is InChI=1S/C13H24N4O2/c1-3-7-17-8-4-13(5-9-17)11(18)15-12(16-13)14-6-10-19-2/h3-10H2,1-2H3,(H2,14,15,16,18). The molecule has 0 aromatic carbocycles. The first-order valence-corrected chi connectivity index (χ1v) is 7.05. The molecule has 2 N–H and O–H groups in total. The van der Waals surface area contributed by atoms with E-state index in [1.54, 1.807) is 7.11 Å². The Balaban J connectivity index is 1.91. The molecule has 19 heavy (non-hydrogen) atoms. The van der Waals surface area contributed by atoms with Crippen molar-refractivity contribution in [2.24, 2.45) is 4.99 Å². The van der Waals surface area contributed by atoms with Gasteiger partial charge in [0.25, 0.3) is 5.91 Å². The Kier molecular flexibility index (Phi) is 4.76. The molecular formula is C13H24N4O2. The van der Waals surface area contributed by atoms with Gasteiger partial charge in [0.2, 0.25) is 0 Å². The Morgan fingerprint density at radius 2 is 2.16 bits per heavy atom. The van der Waals surface area contributed by atoms with Gasteiger partial charge >= 0.3 is 0 Å². The number of likely N-dealkylation sites (tertiary alicyclic amines) is 1. The molecule has 2 heterocycles. The summed E-state index contributed by atoms with van der Waals surface area (Å²) in [5, 5.41) is 6.13. The van der Waals surface area contributed by atoms with Gasteiger partial charge in [-0.15, -0.1) is 0 Å². The number of carbonyl (C=O) groups is 1. The van der Waals surface area contributed by atoms with Gasteiger partial charge in [-0.3, -0.25) is 15.1 Å². The van der Waals surface area contributed by atoms with Crippen LogP contribution in [0.5, 0.6) is 0 Å². The maximum absolute atomic E-state index is 12.2. The van der Waals surface area contributed by atoms with Crippen LogP contribution in [0.2, 0.25) is 0 Å². The van der Waals surface area contributed by atoms with E-state index in [2.05, 4.69) is 27.4 Å². The van der Waals surface area contributed by atoms with Crippen LogP contribution in [0.4, 0.5) is 0 Å². The lowest BCUT2D eigenvalue weighted by Gasteiger charge is -2.37. The lowest BCUT2D eigenvalue weighted by Crippen LogP contribution is -2.54. The first kappa shape index (κ1) is 14.3. The van der Waals surface area contributed by atoms with Crippen LogP contribution >= 0.6 is 0 Å². The minimum Gasteiger partial charge on any atom is -0.383 e. The minimum atomic E-state index is -0.434. The molecule has 0 unspecified atom stereocenters. The Labute approximate surface area is 114 Å². The van der Waals surface area contributed by atoms with Gasteiger partial charge in [-0.1, -0.05) is 6.92 Å². The monoisotopic (exact) mass is 268 g/mol. The zero-order valence-corrected chi connectivity index (χ0v) is 11.9. The lowest BCUT2D eigenvalue weighted by molar-refractivity contribution is -0.125. The summed E-state index contributed by atoms with van der Waals surface area (Å²) < 4.78 is 4.95. The van der Waals surface area contributed by atoms with Crippen molar-refractivity contribution in [1.29, 1.82) is 0 Å². The van der Waals surface area contributed by atoms with Crippen LogP contribution in [0, 0.1) is 0 Å². The molecule has 0 saturated carbocycles. The highest BCUT2D eigenvalue weighted by molar-refractivity contribution is 6.09. The van der Waals surface area contributed by atoms with Crippen LogP contribution in [-0.4, -0.2) is 62.2 Å². The largest absolute Gasteiger partial charge is 0.383 e. The molecule has 2 rings (SSSR count). The average Bonchev–Trinajstić information content (AvgIpc) is 2.70. The van der Waals surface area contributed by atoms with Crippen LogP contribution in [0.15, 0.2) is 4.99 Å². The predicted octanol–water partition coefficient (Wildman–Crippen LogP) is -0.0472. The van der Waals surface area contributed by atoms with E-state index in [0.29, 0.717) is 19.1 Å². The highest BCUT2D eigenvalue weighted by atomic mass is 16.5. The Morgan fingerprint density at radius 1 is 1.42 bits per heavy atom. The van der Waals surface area contributed by atoms with E-state index in [4.69, 9.17) is 4.74 Å². The van der Waals surface area contributed by atoms with Crippen molar-refractivity contribution < 1.29 is 9.53 Å². The van der Waals surface area contributed by atoms with E-state index in [0.717, 1.165) is 38.9 Å². The number of ether oxygens (including phenoxy) is 1. The number of guanidine groups is 1. The molecular weight excluding hydrogens is 244 g/mol. The quantitative estimate of drug-likeness (QED) is 0.686. The molecule has 1 spiro atoms. The number of nitrogens with one attached hydrogen (secondary N) is 2. The summed E-state index contributed by atoms with van der Waals surface area (Å²) >= 11 is 0. The minimum absolute atomic E-state index is 0.0693. The van der Waals surface area contributed by atoms with Gasteiger partial charge in [0.05, 0.1) is 13.2 Å². The van der Waals surface area contributed by atoms with Crippen molar-refractivity contribution in [3.8, 4) is 0 Å². The van der Waals surface area contributed by atoms with Crippen LogP contribution < -0.4 is 10.6 Å². The fourth-order valence-corrected chi connectivity index (χ4v) is 2.70. The Morgan fingerprint density at radius 3 is 2.79 bits per heavy atom. The number of methoxy groups -OCH3 is 1. The topological polar surface area (TPSA) is 66.0 Å². The van der Waals surface area contributed by atoms with E-state index >= 15 is 0 Å². The number of hydrogen-bond acceptors (Lipinski definition) is 4. The number of amides is 1. The average molecular weight is 268 g/mol. The zero-order valence-electron chi connectivity index (χ0n) is 11.9. The highest BCUT2D eigenvalue weighted by Crippen LogP contribution is 2.25. The van der Waals surface area contributed by atoms with Crippen molar-refractivity contribution in [3.05, 3.63) is 0 Å². The number of rotatable bonds is 5. The van der Waals surface area contributed by atoms with Crippen molar-refractivity contribution in [1.82, 2.24) is 15.5 Å². The molecule has 2 fully saturated rings. The van der Waals surface area contributed by atoms with E-state index < -0.39 is 5.54 Å². The SMILES string of the molecule is CCCN1CCC2(CC1)NC(=NCCOC)NC2=O. The van der Waals surface area contributed by atoms with Gasteiger partial charge in [0.15, 0.2) is 5.96 Å². The molecule has 6 nitrogen and oxygen atoms in total. The maximum atomic E-state index is 12.2. The van der Waals surface area contributed by atoms with Gasteiger partial charge in [-0.05, 0) is 25.8 Å². The van der Waals surface area contributed by atoms with E-state index in [9.17, 15) is 4.79 Å². The summed E-state index contributed by atoms with van der Waals surface area (Å²) in [6.07, 6.45) is 2.86. The molecule has 0 aromatic heterocycles. The normalized spacial score (nSPS) is 24.7. The lowest BCUT2D eigenvalue weighted by atomic mass is 9.88.